The zero-order valence-electron chi connectivity index (χ0n) is 9.84. The summed E-state index contributed by atoms with van der Waals surface area (Å²) in [6.45, 7) is 0.277. The lowest BCUT2D eigenvalue weighted by Crippen LogP contribution is -1.92. The summed E-state index contributed by atoms with van der Waals surface area (Å²) in [5.41, 5.74) is 2.69. The van der Waals surface area contributed by atoms with Gasteiger partial charge in [0.05, 0.1) is 5.69 Å². The Morgan fingerprint density at radius 2 is 2.00 bits per heavy atom. The van der Waals surface area contributed by atoms with Gasteiger partial charge in [-0.15, -0.1) is 0 Å². The van der Waals surface area contributed by atoms with E-state index in [1.165, 1.54) is 0 Å². The van der Waals surface area contributed by atoms with Crippen LogP contribution in [0.1, 0.15) is 0 Å². The Hall–Kier alpha value is -2.20. The number of hydrogen-bond acceptors (Lipinski definition) is 3. The van der Waals surface area contributed by atoms with E-state index in [4.69, 9.17) is 21.1 Å². The predicted octanol–water partition coefficient (Wildman–Crippen LogP) is 3.38. The van der Waals surface area contributed by atoms with Crippen LogP contribution in [0.15, 0.2) is 42.7 Å². The van der Waals surface area contributed by atoms with Crippen LogP contribution >= 0.6 is 11.6 Å². The molecule has 94 valence electrons. The molecule has 1 aromatic carbocycles. The molecule has 4 nitrogen and oxygen atoms in total. The fourth-order valence-corrected chi connectivity index (χ4v) is 2.31. The molecule has 2 aromatic heterocycles. The van der Waals surface area contributed by atoms with Crippen LogP contribution in [-0.2, 0) is 0 Å². The Labute approximate surface area is 114 Å². The smallest absolute Gasteiger partial charge is 0.231 e. The molecule has 0 saturated carbocycles. The minimum atomic E-state index is 0.277. The van der Waals surface area contributed by atoms with Crippen molar-refractivity contribution in [3.63, 3.8) is 0 Å². The standard InChI is InChI=1S/C14H9ClN2O2/c15-10-3-4-17-7-11(16-14(17)6-10)9-1-2-12-13(5-9)19-8-18-12/h1-7H,8H2. The van der Waals surface area contributed by atoms with Crippen molar-refractivity contribution in [1.82, 2.24) is 9.38 Å². The summed E-state index contributed by atoms with van der Waals surface area (Å²) in [5.74, 6) is 1.53. The molecule has 0 amide bonds. The zero-order valence-corrected chi connectivity index (χ0v) is 10.6. The molecule has 0 atom stereocenters. The Kier molecular flexibility index (Phi) is 2.19. The molecule has 19 heavy (non-hydrogen) atoms. The van der Waals surface area contributed by atoms with Gasteiger partial charge in [-0.25, -0.2) is 4.98 Å². The summed E-state index contributed by atoms with van der Waals surface area (Å²) in [7, 11) is 0. The number of aromatic nitrogens is 2. The first-order valence-corrected chi connectivity index (χ1v) is 6.22. The largest absolute Gasteiger partial charge is 0.454 e. The quantitative estimate of drug-likeness (QED) is 0.681. The summed E-state index contributed by atoms with van der Waals surface area (Å²) in [6.07, 6.45) is 3.85. The van der Waals surface area contributed by atoms with Crippen molar-refractivity contribution in [3.05, 3.63) is 47.7 Å². The zero-order chi connectivity index (χ0) is 12.8. The molecular weight excluding hydrogens is 264 g/mol. The monoisotopic (exact) mass is 272 g/mol. The first-order valence-electron chi connectivity index (χ1n) is 5.84. The van der Waals surface area contributed by atoms with Gasteiger partial charge in [-0.1, -0.05) is 11.6 Å². The number of ether oxygens (including phenoxy) is 2. The highest BCUT2D eigenvalue weighted by atomic mass is 35.5. The molecule has 3 aromatic rings. The van der Waals surface area contributed by atoms with E-state index in [9.17, 15) is 0 Å². The lowest BCUT2D eigenvalue weighted by molar-refractivity contribution is 0.174. The van der Waals surface area contributed by atoms with Gasteiger partial charge in [0.1, 0.15) is 5.65 Å². The number of benzene rings is 1. The fourth-order valence-electron chi connectivity index (χ4n) is 2.15. The van der Waals surface area contributed by atoms with E-state index in [1.54, 1.807) is 0 Å². The van der Waals surface area contributed by atoms with E-state index in [2.05, 4.69) is 4.98 Å². The van der Waals surface area contributed by atoms with E-state index in [-0.39, 0.29) is 6.79 Å². The third kappa shape index (κ3) is 1.72. The van der Waals surface area contributed by atoms with E-state index in [0.29, 0.717) is 5.02 Å². The van der Waals surface area contributed by atoms with Crippen LogP contribution in [0, 0.1) is 0 Å². The molecular formula is C14H9ClN2O2. The van der Waals surface area contributed by atoms with Gasteiger partial charge in [0, 0.05) is 29.0 Å². The van der Waals surface area contributed by atoms with Crippen LogP contribution in [-0.4, -0.2) is 16.2 Å². The van der Waals surface area contributed by atoms with Gasteiger partial charge in [-0.05, 0) is 24.3 Å². The van der Waals surface area contributed by atoms with Crippen molar-refractivity contribution in [2.75, 3.05) is 6.79 Å². The highest BCUT2D eigenvalue weighted by Gasteiger charge is 2.15. The highest BCUT2D eigenvalue weighted by molar-refractivity contribution is 6.30. The number of fused-ring (bicyclic) bond motifs is 2. The molecule has 0 radical (unpaired) electrons. The van der Waals surface area contributed by atoms with Crippen LogP contribution in [0.4, 0.5) is 0 Å². The normalized spacial score (nSPS) is 13.1. The number of imidazole rings is 1. The Balaban J connectivity index is 1.85. The minimum Gasteiger partial charge on any atom is -0.454 e. The SMILES string of the molecule is Clc1ccn2cc(-c3ccc4c(c3)OCO4)nc2c1. The molecule has 4 rings (SSSR count). The number of hydrogen-bond donors (Lipinski definition) is 0. The summed E-state index contributed by atoms with van der Waals surface area (Å²) >= 11 is 5.96. The second kappa shape index (κ2) is 3.90. The number of rotatable bonds is 1. The highest BCUT2D eigenvalue weighted by Crippen LogP contribution is 2.35. The average Bonchev–Trinajstić information content (AvgIpc) is 3.02. The number of halogens is 1. The van der Waals surface area contributed by atoms with Crippen molar-refractivity contribution >= 4 is 17.2 Å². The summed E-state index contributed by atoms with van der Waals surface area (Å²) in [4.78, 5) is 4.55. The second-order valence-corrected chi connectivity index (χ2v) is 4.74. The topological polar surface area (TPSA) is 35.8 Å². The van der Waals surface area contributed by atoms with Crippen LogP contribution in [0.2, 0.25) is 5.02 Å². The predicted molar refractivity (Wildman–Crippen MR) is 71.8 cm³/mol. The maximum absolute atomic E-state index is 5.96. The number of nitrogens with zero attached hydrogens (tertiary/aromatic N) is 2. The van der Waals surface area contributed by atoms with Crippen molar-refractivity contribution in [2.45, 2.75) is 0 Å². The molecule has 0 unspecified atom stereocenters. The van der Waals surface area contributed by atoms with Gasteiger partial charge in [0.15, 0.2) is 11.5 Å². The van der Waals surface area contributed by atoms with Crippen LogP contribution < -0.4 is 9.47 Å². The molecule has 1 aliphatic rings. The maximum Gasteiger partial charge on any atom is 0.231 e. The molecule has 0 N–H and O–H groups in total. The molecule has 3 heterocycles. The van der Waals surface area contributed by atoms with Crippen LogP contribution in [0.3, 0.4) is 0 Å². The van der Waals surface area contributed by atoms with Crippen LogP contribution in [0.25, 0.3) is 16.9 Å². The molecule has 0 saturated heterocycles. The summed E-state index contributed by atoms with van der Waals surface area (Å²) in [5, 5.41) is 0.676. The third-order valence-corrected chi connectivity index (χ3v) is 3.33. The molecule has 0 fully saturated rings. The first kappa shape index (κ1) is 10.7. The van der Waals surface area contributed by atoms with Gasteiger partial charge >= 0.3 is 0 Å². The van der Waals surface area contributed by atoms with Gasteiger partial charge in [-0.2, -0.15) is 0 Å². The van der Waals surface area contributed by atoms with Crippen molar-refractivity contribution in [2.24, 2.45) is 0 Å². The van der Waals surface area contributed by atoms with Gasteiger partial charge in [0.2, 0.25) is 6.79 Å². The van der Waals surface area contributed by atoms with E-state index in [1.807, 2.05) is 47.1 Å². The van der Waals surface area contributed by atoms with Gasteiger partial charge < -0.3 is 13.9 Å². The van der Waals surface area contributed by atoms with E-state index < -0.39 is 0 Å². The molecule has 0 aliphatic carbocycles. The minimum absolute atomic E-state index is 0.277. The Morgan fingerprint density at radius 3 is 2.95 bits per heavy atom. The summed E-state index contributed by atoms with van der Waals surface area (Å²) < 4.78 is 12.6. The maximum atomic E-state index is 5.96. The molecule has 0 spiro atoms. The van der Waals surface area contributed by atoms with Crippen molar-refractivity contribution < 1.29 is 9.47 Å². The van der Waals surface area contributed by atoms with Crippen LogP contribution in [0.5, 0.6) is 11.5 Å². The van der Waals surface area contributed by atoms with Crippen molar-refractivity contribution in [3.8, 4) is 22.8 Å². The van der Waals surface area contributed by atoms with Crippen molar-refractivity contribution in [1.29, 1.82) is 0 Å². The second-order valence-electron chi connectivity index (χ2n) is 4.30. The molecule has 5 heteroatoms. The first-order chi connectivity index (χ1) is 9.29. The Bertz CT molecular complexity index is 782. The molecule has 0 bridgehead atoms. The van der Waals surface area contributed by atoms with Gasteiger partial charge in [0.25, 0.3) is 0 Å². The van der Waals surface area contributed by atoms with E-state index >= 15 is 0 Å². The van der Waals surface area contributed by atoms with Gasteiger partial charge in [-0.3, -0.25) is 0 Å². The lowest BCUT2D eigenvalue weighted by atomic mass is 10.1. The third-order valence-electron chi connectivity index (χ3n) is 3.09. The Morgan fingerprint density at radius 1 is 1.11 bits per heavy atom. The fraction of sp³-hybridized carbons (Fsp3) is 0.0714. The lowest BCUT2D eigenvalue weighted by Gasteiger charge is -1.98. The molecule has 1 aliphatic heterocycles. The van der Waals surface area contributed by atoms with E-state index in [0.717, 1.165) is 28.4 Å². The average molecular weight is 273 g/mol. The summed E-state index contributed by atoms with van der Waals surface area (Å²) in [6, 6.07) is 9.47. The number of pyridine rings is 1.